The van der Waals surface area contributed by atoms with Crippen molar-refractivity contribution in [1.29, 1.82) is 5.26 Å². The summed E-state index contributed by atoms with van der Waals surface area (Å²) in [5.41, 5.74) is -0.833. The number of primary sulfonamides is 1. The average molecular weight is 536 g/mol. The van der Waals surface area contributed by atoms with Crippen molar-refractivity contribution in [3.8, 4) is 17.6 Å². The molecular weight excluding hydrogens is 519 g/mol. The lowest BCUT2D eigenvalue weighted by Crippen LogP contribution is -2.24. The summed E-state index contributed by atoms with van der Waals surface area (Å²) in [7, 11) is -3.89. The maximum atomic E-state index is 13.4. The summed E-state index contributed by atoms with van der Waals surface area (Å²) >= 11 is 6.11. The predicted octanol–water partition coefficient (Wildman–Crippen LogP) is 5.19. The van der Waals surface area contributed by atoms with Gasteiger partial charge < -0.3 is 9.64 Å². The molecule has 186 valence electrons. The molecule has 0 bridgehead atoms. The Morgan fingerprint density at radius 1 is 1.08 bits per heavy atom. The number of nitriles is 1. The van der Waals surface area contributed by atoms with Crippen LogP contribution >= 0.6 is 11.6 Å². The largest absolute Gasteiger partial charge is 0.456 e. The summed E-state index contributed by atoms with van der Waals surface area (Å²) in [5, 5.41) is 14.8. The van der Waals surface area contributed by atoms with Gasteiger partial charge in [0.05, 0.1) is 10.5 Å². The van der Waals surface area contributed by atoms with E-state index in [0.717, 1.165) is 12.1 Å². The van der Waals surface area contributed by atoms with Crippen LogP contribution in [0.1, 0.15) is 29.0 Å². The number of carbonyl (C=O) groups excluding carboxylic acids is 1. The van der Waals surface area contributed by atoms with Crippen molar-refractivity contribution in [3.63, 3.8) is 0 Å². The number of anilines is 1. The number of hydrogen-bond donors (Lipinski definition) is 1. The van der Waals surface area contributed by atoms with Crippen LogP contribution in [0.2, 0.25) is 5.02 Å². The van der Waals surface area contributed by atoms with Crippen LogP contribution in [0.3, 0.4) is 0 Å². The van der Waals surface area contributed by atoms with Crippen molar-refractivity contribution >= 4 is 33.2 Å². The first-order valence-corrected chi connectivity index (χ1v) is 12.3. The summed E-state index contributed by atoms with van der Waals surface area (Å²) in [6.45, 7) is 0.194. The smallest absolute Gasteiger partial charge is 0.417 e. The molecule has 0 aromatic heterocycles. The molecule has 0 radical (unpaired) electrons. The number of sulfonamides is 1. The molecule has 12 heteroatoms. The Morgan fingerprint density at radius 2 is 1.78 bits per heavy atom. The number of carbonyl (C=O) groups is 1. The lowest BCUT2D eigenvalue weighted by molar-refractivity contribution is -0.137. The van der Waals surface area contributed by atoms with Crippen LogP contribution in [-0.2, 0) is 21.0 Å². The second-order valence-electron chi connectivity index (χ2n) is 8.02. The van der Waals surface area contributed by atoms with Crippen LogP contribution < -0.4 is 14.8 Å². The van der Waals surface area contributed by atoms with Crippen molar-refractivity contribution < 1.29 is 31.1 Å². The molecule has 0 aliphatic carbocycles. The van der Waals surface area contributed by atoms with Gasteiger partial charge in [0.2, 0.25) is 15.9 Å². The third-order valence-corrected chi connectivity index (χ3v) is 6.85. The minimum atomic E-state index is -4.75. The number of nitrogens with two attached hydrogens (primary N) is 1. The molecule has 1 unspecified atom stereocenters. The number of nitrogens with zero attached hydrogens (tertiary/aromatic N) is 2. The summed E-state index contributed by atoms with van der Waals surface area (Å²) in [6, 6.07) is 14.8. The van der Waals surface area contributed by atoms with Crippen LogP contribution in [0, 0.1) is 11.3 Å². The number of ether oxygens (including phenoxy) is 1. The maximum absolute atomic E-state index is 13.4. The molecule has 3 aromatic rings. The predicted molar refractivity (Wildman–Crippen MR) is 125 cm³/mol. The quantitative estimate of drug-likeness (QED) is 0.483. The summed E-state index contributed by atoms with van der Waals surface area (Å²) in [5.74, 6) is -0.849. The fourth-order valence-corrected chi connectivity index (χ4v) is 4.68. The van der Waals surface area contributed by atoms with Crippen LogP contribution in [0.4, 0.5) is 18.9 Å². The first-order valence-electron chi connectivity index (χ1n) is 10.4. The van der Waals surface area contributed by atoms with Crippen molar-refractivity contribution in [3.05, 3.63) is 82.4 Å². The van der Waals surface area contributed by atoms with Gasteiger partial charge in [0.1, 0.15) is 23.1 Å². The van der Waals surface area contributed by atoms with Crippen molar-refractivity contribution in [2.24, 2.45) is 5.14 Å². The molecule has 4 rings (SSSR count). The van der Waals surface area contributed by atoms with E-state index in [9.17, 15) is 31.6 Å². The normalized spacial score (nSPS) is 16.2. The van der Waals surface area contributed by atoms with Crippen molar-refractivity contribution in [1.82, 2.24) is 0 Å². The van der Waals surface area contributed by atoms with E-state index >= 15 is 0 Å². The second-order valence-corrected chi connectivity index (χ2v) is 10.0. The zero-order valence-corrected chi connectivity index (χ0v) is 19.9. The summed E-state index contributed by atoms with van der Waals surface area (Å²) < 4.78 is 68.9. The van der Waals surface area contributed by atoms with E-state index < -0.39 is 33.2 Å². The van der Waals surface area contributed by atoms with E-state index in [4.69, 9.17) is 21.5 Å². The summed E-state index contributed by atoms with van der Waals surface area (Å²) in [6.07, 6.45) is -4.69. The number of benzene rings is 3. The number of hydrogen-bond acceptors (Lipinski definition) is 5. The molecule has 0 spiro atoms. The van der Waals surface area contributed by atoms with Crippen LogP contribution in [0.5, 0.6) is 11.5 Å². The maximum Gasteiger partial charge on any atom is 0.417 e. The molecule has 1 amide bonds. The second kappa shape index (κ2) is 9.46. The average Bonchev–Trinajstić information content (AvgIpc) is 3.19. The van der Waals surface area contributed by atoms with Crippen LogP contribution in [0.15, 0.2) is 65.6 Å². The highest BCUT2D eigenvalue weighted by molar-refractivity contribution is 7.89. The van der Waals surface area contributed by atoms with Gasteiger partial charge in [0, 0.05) is 35.2 Å². The lowest BCUT2D eigenvalue weighted by atomic mass is 9.97. The minimum Gasteiger partial charge on any atom is -0.456 e. The molecule has 0 saturated carbocycles. The highest BCUT2D eigenvalue weighted by atomic mass is 35.5. The van der Waals surface area contributed by atoms with E-state index in [1.54, 1.807) is 18.2 Å². The van der Waals surface area contributed by atoms with Gasteiger partial charge in [0.25, 0.3) is 0 Å². The first-order chi connectivity index (χ1) is 16.9. The van der Waals surface area contributed by atoms with Gasteiger partial charge in [-0.1, -0.05) is 23.7 Å². The number of alkyl halides is 3. The van der Waals surface area contributed by atoms with Gasteiger partial charge >= 0.3 is 6.18 Å². The minimum absolute atomic E-state index is 0.0582. The molecule has 1 saturated heterocycles. The molecule has 1 aliphatic heterocycles. The van der Waals surface area contributed by atoms with Gasteiger partial charge in [-0.2, -0.15) is 18.4 Å². The van der Waals surface area contributed by atoms with E-state index in [-0.39, 0.29) is 40.3 Å². The molecule has 1 atom stereocenters. The Kier molecular flexibility index (Phi) is 6.70. The lowest BCUT2D eigenvalue weighted by Gasteiger charge is -2.19. The zero-order chi connectivity index (χ0) is 26.3. The molecule has 3 aromatic carbocycles. The van der Waals surface area contributed by atoms with E-state index in [2.05, 4.69) is 0 Å². The fraction of sp³-hybridized carbons (Fsp3) is 0.167. The number of halogens is 4. The van der Waals surface area contributed by atoms with Gasteiger partial charge in [-0.15, -0.1) is 0 Å². The summed E-state index contributed by atoms with van der Waals surface area (Å²) in [4.78, 5) is 14.1. The van der Waals surface area contributed by atoms with Gasteiger partial charge in [0.15, 0.2) is 0 Å². The molecule has 7 nitrogen and oxygen atoms in total. The Balaban J connectivity index is 1.66. The van der Waals surface area contributed by atoms with Crippen LogP contribution in [0.25, 0.3) is 0 Å². The standard InChI is InChI=1S/C24H17ClF3N3O4S/c25-15-4-9-18(22(11-15)35-21-3-1-2-20(19(21)12-29)24(26,27)28)14-10-23(32)31(13-14)16-5-7-17(8-6-16)36(30,33)34/h1-9,11,14H,10,13H2,(H2,30,33,34). The monoisotopic (exact) mass is 535 g/mol. The van der Waals surface area contributed by atoms with E-state index in [1.165, 1.54) is 41.3 Å². The van der Waals surface area contributed by atoms with E-state index in [0.29, 0.717) is 11.3 Å². The highest BCUT2D eigenvalue weighted by Gasteiger charge is 2.36. The molecule has 1 aliphatic rings. The van der Waals surface area contributed by atoms with E-state index in [1.807, 2.05) is 0 Å². The third-order valence-electron chi connectivity index (χ3n) is 5.68. The van der Waals surface area contributed by atoms with Gasteiger partial charge in [-0.3, -0.25) is 4.79 Å². The molecule has 1 fully saturated rings. The Morgan fingerprint density at radius 3 is 2.39 bits per heavy atom. The SMILES string of the molecule is N#Cc1c(Oc2cc(Cl)ccc2C2CC(=O)N(c3ccc(S(N)(=O)=O)cc3)C2)cccc1C(F)(F)F. The Labute approximate surface area is 209 Å². The van der Waals surface area contributed by atoms with Gasteiger partial charge in [-0.25, -0.2) is 13.6 Å². The van der Waals surface area contributed by atoms with Crippen LogP contribution in [-0.4, -0.2) is 20.9 Å². The fourth-order valence-electron chi connectivity index (χ4n) is 4.00. The van der Waals surface area contributed by atoms with Crippen molar-refractivity contribution in [2.75, 3.05) is 11.4 Å². The first kappa shape index (κ1) is 25.5. The molecule has 1 heterocycles. The Hall–Kier alpha value is -3.59. The van der Waals surface area contributed by atoms with Crippen molar-refractivity contribution in [2.45, 2.75) is 23.4 Å². The molecule has 36 heavy (non-hydrogen) atoms. The highest BCUT2D eigenvalue weighted by Crippen LogP contribution is 2.42. The number of rotatable bonds is 5. The zero-order valence-electron chi connectivity index (χ0n) is 18.3. The van der Waals surface area contributed by atoms with Gasteiger partial charge in [-0.05, 0) is 48.5 Å². The Bertz CT molecular complexity index is 1490. The number of amides is 1. The topological polar surface area (TPSA) is 113 Å². The molecular formula is C24H17ClF3N3O4S. The molecule has 2 N–H and O–H groups in total. The third kappa shape index (κ3) is 5.16.